The summed E-state index contributed by atoms with van der Waals surface area (Å²) in [5.74, 6) is -1.55. The molecular weight excluding hydrogens is 395 g/mol. The quantitative estimate of drug-likeness (QED) is 0.645. The summed E-state index contributed by atoms with van der Waals surface area (Å²) in [4.78, 5) is 32.8. The summed E-state index contributed by atoms with van der Waals surface area (Å²) >= 11 is 0. The molecule has 3 aromatic rings. The minimum atomic E-state index is -0.686. The van der Waals surface area contributed by atoms with Gasteiger partial charge in [0.05, 0.1) is 18.2 Å². The Balaban J connectivity index is 1.55. The molecule has 11 heteroatoms. The van der Waals surface area contributed by atoms with E-state index in [9.17, 15) is 14.0 Å². The molecule has 30 heavy (non-hydrogen) atoms. The van der Waals surface area contributed by atoms with Crippen molar-refractivity contribution >= 4 is 23.7 Å². The van der Waals surface area contributed by atoms with Crippen molar-refractivity contribution in [3.63, 3.8) is 0 Å². The number of amides is 2. The number of anilines is 2. The fraction of sp³-hybridized carbons (Fsp3) is 0.211. The Labute approximate surface area is 169 Å². The Kier molecular flexibility index (Phi) is 4.78. The first-order chi connectivity index (χ1) is 14.3. The topological polar surface area (TPSA) is 150 Å². The maximum absolute atomic E-state index is 14.8. The van der Waals surface area contributed by atoms with E-state index in [1.807, 2.05) is 0 Å². The van der Waals surface area contributed by atoms with E-state index in [0.717, 1.165) is 0 Å². The number of aromatic nitrogens is 3. The number of primary amides is 1. The Morgan fingerprint density at radius 3 is 2.73 bits per heavy atom. The molecule has 1 aliphatic heterocycles. The average molecular weight is 412 g/mol. The van der Waals surface area contributed by atoms with Crippen molar-refractivity contribution in [2.75, 3.05) is 17.2 Å². The fourth-order valence-electron chi connectivity index (χ4n) is 3.07. The number of carbonyl (C=O) groups is 2. The molecule has 3 heterocycles. The smallest absolute Gasteiger partial charge is 0.414 e. The van der Waals surface area contributed by atoms with Crippen molar-refractivity contribution in [1.82, 2.24) is 15.1 Å². The molecule has 1 aromatic carbocycles. The molecule has 4 N–H and O–H groups in total. The van der Waals surface area contributed by atoms with Crippen LogP contribution in [0.2, 0.25) is 0 Å². The minimum Gasteiger partial charge on any atom is -0.443 e. The summed E-state index contributed by atoms with van der Waals surface area (Å²) in [7, 11) is 0. The molecule has 10 nitrogen and oxygen atoms in total. The molecular formula is C19H17FN6O4. The molecule has 1 fully saturated rings. The van der Waals surface area contributed by atoms with Gasteiger partial charge in [-0.3, -0.25) is 14.7 Å². The van der Waals surface area contributed by atoms with Crippen LogP contribution in [0.3, 0.4) is 0 Å². The lowest BCUT2D eigenvalue weighted by Crippen LogP contribution is -2.34. The molecule has 1 saturated heterocycles. The Bertz CT molecular complexity index is 1120. The first kappa shape index (κ1) is 19.3. The highest BCUT2D eigenvalue weighted by Crippen LogP contribution is 2.30. The van der Waals surface area contributed by atoms with Gasteiger partial charge in [-0.05, 0) is 31.2 Å². The third-order valence-corrected chi connectivity index (χ3v) is 4.85. The zero-order valence-corrected chi connectivity index (χ0v) is 15.8. The third-order valence-electron chi connectivity index (χ3n) is 4.85. The molecule has 2 atom stereocenters. The maximum Gasteiger partial charge on any atom is 0.414 e. The third kappa shape index (κ3) is 3.52. The van der Waals surface area contributed by atoms with Crippen LogP contribution in [0.25, 0.3) is 22.6 Å². The number of rotatable bonds is 5. The van der Waals surface area contributed by atoms with Crippen molar-refractivity contribution in [2.24, 2.45) is 11.7 Å². The Morgan fingerprint density at radius 2 is 2.13 bits per heavy atom. The van der Waals surface area contributed by atoms with Gasteiger partial charge in [-0.25, -0.2) is 9.18 Å². The zero-order chi connectivity index (χ0) is 21.4. The number of ether oxygens (including phenoxy) is 1. The summed E-state index contributed by atoms with van der Waals surface area (Å²) in [6.07, 6.45) is 0.119. The normalized spacial score (nSPS) is 17.1. The molecule has 2 amide bonds. The van der Waals surface area contributed by atoms with Gasteiger partial charge in [0.25, 0.3) is 0 Å². The van der Waals surface area contributed by atoms with Gasteiger partial charge in [0, 0.05) is 17.3 Å². The van der Waals surface area contributed by atoms with Gasteiger partial charge < -0.3 is 20.7 Å². The van der Waals surface area contributed by atoms with E-state index in [1.54, 1.807) is 25.1 Å². The number of nitrogen functional groups attached to an aromatic ring is 1. The summed E-state index contributed by atoms with van der Waals surface area (Å²) in [6, 6.07) is 7.53. The lowest BCUT2D eigenvalue weighted by Gasteiger charge is -2.15. The van der Waals surface area contributed by atoms with Gasteiger partial charge in [0.2, 0.25) is 11.7 Å². The van der Waals surface area contributed by atoms with E-state index in [-0.39, 0.29) is 18.4 Å². The number of pyridine rings is 1. The first-order valence-electron chi connectivity index (χ1n) is 8.96. The summed E-state index contributed by atoms with van der Waals surface area (Å²) in [6.45, 7) is 1.68. The van der Waals surface area contributed by atoms with E-state index >= 15 is 0 Å². The van der Waals surface area contributed by atoms with Gasteiger partial charge in [0.15, 0.2) is 0 Å². The number of cyclic esters (lactones) is 1. The fourth-order valence-corrected chi connectivity index (χ4v) is 3.07. The maximum atomic E-state index is 14.8. The number of hydrogen-bond donors (Lipinski definition) is 2. The minimum absolute atomic E-state index is 0.0783. The lowest BCUT2D eigenvalue weighted by molar-refractivity contribution is -0.123. The lowest BCUT2D eigenvalue weighted by atomic mass is 10.0. The van der Waals surface area contributed by atoms with Crippen LogP contribution in [0.5, 0.6) is 0 Å². The highest BCUT2D eigenvalue weighted by Gasteiger charge is 2.37. The van der Waals surface area contributed by atoms with E-state index in [2.05, 4.69) is 15.1 Å². The molecule has 4 rings (SSSR count). The molecule has 0 saturated carbocycles. The monoisotopic (exact) mass is 412 g/mol. The van der Waals surface area contributed by atoms with Gasteiger partial charge in [-0.1, -0.05) is 11.2 Å². The van der Waals surface area contributed by atoms with Crippen LogP contribution in [-0.4, -0.2) is 39.8 Å². The highest BCUT2D eigenvalue weighted by atomic mass is 19.1. The predicted octanol–water partition coefficient (Wildman–Crippen LogP) is 1.97. The van der Waals surface area contributed by atoms with E-state index in [4.69, 9.17) is 20.7 Å². The molecule has 0 aliphatic carbocycles. The second-order valence-electron chi connectivity index (χ2n) is 6.78. The SMILES string of the molecule is C[C@H](C(N)=O)C1CN(c2ccc(-c3ccc(-c4noc(N)n4)nc3)c(F)c2)C(=O)O1. The van der Waals surface area contributed by atoms with Crippen molar-refractivity contribution < 1.29 is 23.2 Å². The molecule has 0 radical (unpaired) electrons. The number of benzene rings is 1. The summed E-state index contributed by atoms with van der Waals surface area (Å²) in [5.41, 5.74) is 12.2. The van der Waals surface area contributed by atoms with Gasteiger partial charge in [-0.15, -0.1) is 0 Å². The molecule has 0 bridgehead atoms. The average Bonchev–Trinajstić information content (AvgIpc) is 3.33. The van der Waals surface area contributed by atoms with Crippen LogP contribution in [-0.2, 0) is 9.53 Å². The largest absolute Gasteiger partial charge is 0.443 e. The van der Waals surface area contributed by atoms with Crippen LogP contribution in [0.15, 0.2) is 41.1 Å². The standard InChI is InChI=1S/C19H17FN6O4/c1-9(16(21)27)15-8-26(19(28)29-15)11-3-4-12(13(20)6-11)10-2-5-14(23-7-10)17-24-18(22)30-25-17/h2-7,9,15H,8H2,1H3,(H2,21,27)(H2,22,24,25)/t9-,15?/m0/s1. The van der Waals surface area contributed by atoms with Crippen molar-refractivity contribution in [3.05, 3.63) is 42.3 Å². The van der Waals surface area contributed by atoms with Crippen molar-refractivity contribution in [3.8, 4) is 22.6 Å². The van der Waals surface area contributed by atoms with E-state index in [0.29, 0.717) is 22.5 Å². The van der Waals surface area contributed by atoms with Crippen LogP contribution in [0, 0.1) is 11.7 Å². The van der Waals surface area contributed by atoms with Gasteiger partial charge in [-0.2, -0.15) is 4.98 Å². The number of nitrogens with two attached hydrogens (primary N) is 2. The first-order valence-corrected chi connectivity index (χ1v) is 8.96. The second-order valence-corrected chi connectivity index (χ2v) is 6.78. The summed E-state index contributed by atoms with van der Waals surface area (Å²) in [5, 5.41) is 3.67. The van der Waals surface area contributed by atoms with E-state index < -0.39 is 29.8 Å². The Hall–Kier alpha value is -4.02. The van der Waals surface area contributed by atoms with Crippen molar-refractivity contribution in [1.29, 1.82) is 0 Å². The Morgan fingerprint density at radius 1 is 1.33 bits per heavy atom. The van der Waals surface area contributed by atoms with Gasteiger partial charge >= 0.3 is 12.1 Å². The second kappa shape index (κ2) is 7.43. The van der Waals surface area contributed by atoms with Crippen LogP contribution in [0.1, 0.15) is 6.92 Å². The molecule has 1 aliphatic rings. The van der Waals surface area contributed by atoms with Crippen LogP contribution < -0.4 is 16.4 Å². The number of carbonyl (C=O) groups excluding carboxylic acids is 2. The molecule has 154 valence electrons. The van der Waals surface area contributed by atoms with E-state index in [1.165, 1.54) is 23.2 Å². The predicted molar refractivity (Wildman–Crippen MR) is 103 cm³/mol. The molecule has 0 spiro atoms. The zero-order valence-electron chi connectivity index (χ0n) is 15.8. The molecule has 1 unspecified atom stereocenters. The van der Waals surface area contributed by atoms with Crippen molar-refractivity contribution in [2.45, 2.75) is 13.0 Å². The summed E-state index contributed by atoms with van der Waals surface area (Å²) < 4.78 is 24.7. The van der Waals surface area contributed by atoms with Crippen LogP contribution in [0.4, 0.5) is 20.9 Å². The highest BCUT2D eigenvalue weighted by molar-refractivity contribution is 5.91. The van der Waals surface area contributed by atoms with Crippen LogP contribution >= 0.6 is 0 Å². The number of halogens is 1. The number of nitrogens with zero attached hydrogens (tertiary/aromatic N) is 4. The molecule has 2 aromatic heterocycles. The van der Waals surface area contributed by atoms with Gasteiger partial charge in [0.1, 0.15) is 17.6 Å². The number of hydrogen-bond acceptors (Lipinski definition) is 8.